The van der Waals surface area contributed by atoms with Crippen LogP contribution < -0.4 is 5.32 Å². The van der Waals surface area contributed by atoms with E-state index in [9.17, 15) is 14.4 Å². The molecule has 1 aromatic rings. The van der Waals surface area contributed by atoms with Crippen LogP contribution >= 0.6 is 0 Å². The van der Waals surface area contributed by atoms with Crippen LogP contribution in [0.5, 0.6) is 0 Å². The van der Waals surface area contributed by atoms with Gasteiger partial charge in [0.05, 0.1) is 25.3 Å². The first kappa shape index (κ1) is 20.7. The number of aromatic nitrogens is 2. The predicted octanol–water partition coefficient (Wildman–Crippen LogP) is 2.03. The number of amides is 1. The largest absolute Gasteiger partial charge is 0.469 e. The topological polar surface area (TPSA) is 98.2 Å². The van der Waals surface area contributed by atoms with Gasteiger partial charge in [-0.2, -0.15) is 0 Å². The molecule has 0 spiro atoms. The average Bonchev–Trinajstić information content (AvgIpc) is 2.55. The Labute approximate surface area is 148 Å². The first-order chi connectivity index (χ1) is 11.6. The van der Waals surface area contributed by atoms with Crippen molar-refractivity contribution < 1.29 is 19.1 Å². The van der Waals surface area contributed by atoms with Gasteiger partial charge in [0.2, 0.25) is 0 Å². The molecular weight excluding hydrogens is 322 g/mol. The molecule has 0 saturated heterocycles. The third-order valence-electron chi connectivity index (χ3n) is 4.03. The third kappa shape index (κ3) is 5.92. The summed E-state index contributed by atoms with van der Waals surface area (Å²) < 4.78 is 4.83. The van der Waals surface area contributed by atoms with E-state index in [1.54, 1.807) is 0 Å². The molecule has 7 heteroatoms. The van der Waals surface area contributed by atoms with Gasteiger partial charge in [0.15, 0.2) is 5.78 Å². The monoisotopic (exact) mass is 349 g/mol. The molecule has 0 aliphatic heterocycles. The number of carbonyl (C=O) groups is 3. The summed E-state index contributed by atoms with van der Waals surface area (Å²) in [6.45, 7) is 9.31. The summed E-state index contributed by atoms with van der Waals surface area (Å²) in [4.78, 5) is 44.9. The molecule has 0 fully saturated rings. The van der Waals surface area contributed by atoms with E-state index in [0.29, 0.717) is 0 Å². The zero-order valence-corrected chi connectivity index (χ0v) is 15.7. The van der Waals surface area contributed by atoms with Crippen LogP contribution in [0.15, 0.2) is 18.6 Å². The van der Waals surface area contributed by atoms with Crippen molar-refractivity contribution in [1.29, 1.82) is 0 Å². The molecule has 7 nitrogen and oxygen atoms in total. The number of nitrogens with zero attached hydrogens (tertiary/aromatic N) is 2. The van der Waals surface area contributed by atoms with Gasteiger partial charge in [0.1, 0.15) is 5.69 Å². The standard InChI is InChI=1S/C18H27N3O4/c1-11(2)15(21-16(23)13-10-19-7-8-20-13)14(22)9-12(17(24)25-6)18(3,4)5/h7-8,10-12,15H,9H2,1-6H3,(H,21,23)/t12-,15+/m1/s1. The minimum absolute atomic E-state index is 0.000230. The van der Waals surface area contributed by atoms with Crippen LogP contribution in [0.25, 0.3) is 0 Å². The Morgan fingerprint density at radius 3 is 2.28 bits per heavy atom. The SMILES string of the molecule is COC(=O)[C@@H](CC(=O)[C@@H](NC(=O)c1cnccn1)C(C)C)C(C)(C)C. The highest BCUT2D eigenvalue weighted by atomic mass is 16.5. The third-order valence-corrected chi connectivity index (χ3v) is 4.03. The van der Waals surface area contributed by atoms with Crippen molar-refractivity contribution in [3.05, 3.63) is 24.3 Å². The highest BCUT2D eigenvalue weighted by molar-refractivity contribution is 5.97. The van der Waals surface area contributed by atoms with E-state index in [0.717, 1.165) is 0 Å². The van der Waals surface area contributed by atoms with E-state index < -0.39 is 29.3 Å². The number of esters is 1. The van der Waals surface area contributed by atoms with Crippen LogP contribution in [0.3, 0.4) is 0 Å². The van der Waals surface area contributed by atoms with Gasteiger partial charge < -0.3 is 10.1 Å². The molecule has 1 amide bonds. The Hall–Kier alpha value is -2.31. The highest BCUT2D eigenvalue weighted by Gasteiger charge is 2.37. The second-order valence-electron chi connectivity index (χ2n) is 7.40. The van der Waals surface area contributed by atoms with Gasteiger partial charge in [-0.25, -0.2) is 4.98 Å². The Kier molecular flexibility index (Phi) is 7.21. The first-order valence-corrected chi connectivity index (χ1v) is 8.25. The van der Waals surface area contributed by atoms with Crippen LogP contribution in [0.1, 0.15) is 51.5 Å². The van der Waals surface area contributed by atoms with Gasteiger partial charge in [0, 0.05) is 18.8 Å². The molecule has 1 heterocycles. The first-order valence-electron chi connectivity index (χ1n) is 8.25. The lowest BCUT2D eigenvalue weighted by atomic mass is 9.76. The molecule has 138 valence electrons. The van der Waals surface area contributed by atoms with Crippen molar-refractivity contribution in [2.75, 3.05) is 7.11 Å². The summed E-state index contributed by atoms with van der Waals surface area (Å²) in [5.41, 5.74) is -0.291. The fourth-order valence-electron chi connectivity index (χ4n) is 2.46. The predicted molar refractivity (Wildman–Crippen MR) is 92.7 cm³/mol. The van der Waals surface area contributed by atoms with E-state index >= 15 is 0 Å². The Morgan fingerprint density at radius 2 is 1.84 bits per heavy atom. The zero-order chi connectivity index (χ0) is 19.2. The van der Waals surface area contributed by atoms with Crippen molar-refractivity contribution in [1.82, 2.24) is 15.3 Å². The number of Topliss-reactive ketones (excluding diaryl/α,β-unsaturated/α-hetero) is 1. The number of ether oxygens (including phenoxy) is 1. The smallest absolute Gasteiger partial charge is 0.309 e. The van der Waals surface area contributed by atoms with Gasteiger partial charge in [-0.15, -0.1) is 0 Å². The molecule has 0 aliphatic carbocycles. The van der Waals surface area contributed by atoms with Crippen LogP contribution in [0.4, 0.5) is 0 Å². The second kappa shape index (κ2) is 8.69. The molecule has 0 aromatic carbocycles. The molecule has 0 saturated carbocycles. The number of nitrogens with one attached hydrogen (secondary N) is 1. The number of hydrogen-bond donors (Lipinski definition) is 1. The number of rotatable bonds is 7. The number of methoxy groups -OCH3 is 1. The quantitative estimate of drug-likeness (QED) is 0.756. The fraction of sp³-hybridized carbons (Fsp3) is 0.611. The van der Waals surface area contributed by atoms with Crippen molar-refractivity contribution in [3.63, 3.8) is 0 Å². The maximum Gasteiger partial charge on any atom is 0.309 e. The Balaban J connectivity index is 2.92. The van der Waals surface area contributed by atoms with Crippen molar-refractivity contribution in [3.8, 4) is 0 Å². The summed E-state index contributed by atoms with van der Waals surface area (Å²) in [7, 11) is 1.31. The second-order valence-corrected chi connectivity index (χ2v) is 7.40. The summed E-state index contributed by atoms with van der Waals surface area (Å²) in [5.74, 6) is -1.82. The zero-order valence-electron chi connectivity index (χ0n) is 15.7. The average molecular weight is 349 g/mol. The summed E-state index contributed by atoms with van der Waals surface area (Å²) in [5, 5.41) is 2.70. The number of ketones is 1. The van der Waals surface area contributed by atoms with Crippen LogP contribution in [-0.2, 0) is 14.3 Å². The fourth-order valence-corrected chi connectivity index (χ4v) is 2.46. The van der Waals surface area contributed by atoms with Gasteiger partial charge >= 0.3 is 5.97 Å². The summed E-state index contributed by atoms with van der Waals surface area (Å²) in [6.07, 6.45) is 4.21. The summed E-state index contributed by atoms with van der Waals surface area (Å²) >= 11 is 0. The van der Waals surface area contributed by atoms with Gasteiger partial charge in [-0.05, 0) is 11.3 Å². The van der Waals surface area contributed by atoms with Crippen molar-refractivity contribution >= 4 is 17.7 Å². The van der Waals surface area contributed by atoms with Crippen LogP contribution in [0.2, 0.25) is 0 Å². The number of carbonyl (C=O) groups excluding carboxylic acids is 3. The molecule has 25 heavy (non-hydrogen) atoms. The molecule has 1 aromatic heterocycles. The highest BCUT2D eigenvalue weighted by Crippen LogP contribution is 2.30. The van der Waals surface area contributed by atoms with Gasteiger partial charge in [-0.1, -0.05) is 34.6 Å². The van der Waals surface area contributed by atoms with E-state index in [1.165, 1.54) is 25.7 Å². The molecule has 1 N–H and O–H groups in total. The lowest BCUT2D eigenvalue weighted by Crippen LogP contribution is -2.46. The van der Waals surface area contributed by atoms with E-state index in [-0.39, 0.29) is 23.8 Å². The van der Waals surface area contributed by atoms with Crippen LogP contribution in [0, 0.1) is 17.3 Å². The molecule has 0 unspecified atom stereocenters. The minimum atomic E-state index is -0.719. The number of hydrogen-bond acceptors (Lipinski definition) is 6. The Bertz CT molecular complexity index is 608. The summed E-state index contributed by atoms with van der Waals surface area (Å²) in [6, 6.07) is -0.719. The lowest BCUT2D eigenvalue weighted by Gasteiger charge is -2.30. The van der Waals surface area contributed by atoms with Gasteiger partial charge in [-0.3, -0.25) is 19.4 Å². The van der Waals surface area contributed by atoms with E-state index in [2.05, 4.69) is 15.3 Å². The molecule has 0 aliphatic rings. The van der Waals surface area contributed by atoms with Crippen molar-refractivity contribution in [2.24, 2.45) is 17.3 Å². The molecule has 2 atom stereocenters. The van der Waals surface area contributed by atoms with E-state index in [4.69, 9.17) is 4.74 Å². The minimum Gasteiger partial charge on any atom is -0.469 e. The molecule has 0 bridgehead atoms. The maximum absolute atomic E-state index is 12.8. The molecule has 1 rings (SSSR count). The van der Waals surface area contributed by atoms with Crippen molar-refractivity contribution in [2.45, 2.75) is 47.1 Å². The van der Waals surface area contributed by atoms with E-state index in [1.807, 2.05) is 34.6 Å². The molecule has 0 radical (unpaired) electrons. The molecular formula is C18H27N3O4. The van der Waals surface area contributed by atoms with Gasteiger partial charge in [0.25, 0.3) is 5.91 Å². The normalized spacial score (nSPS) is 13.9. The Morgan fingerprint density at radius 1 is 1.20 bits per heavy atom. The maximum atomic E-state index is 12.8. The lowest BCUT2D eigenvalue weighted by molar-refractivity contribution is -0.151. The van der Waals surface area contributed by atoms with Crippen LogP contribution in [-0.4, -0.2) is 40.8 Å².